The third kappa shape index (κ3) is 1.95. The third-order valence-corrected chi connectivity index (χ3v) is 3.06. The summed E-state index contributed by atoms with van der Waals surface area (Å²) in [6, 6.07) is 0.0138. The summed E-state index contributed by atoms with van der Waals surface area (Å²) in [5, 5.41) is 5.71. The van der Waals surface area contributed by atoms with Crippen LogP contribution in [-0.4, -0.2) is 23.4 Å². The maximum Gasteiger partial charge on any atom is 0.208 e. The van der Waals surface area contributed by atoms with Crippen LogP contribution in [0.3, 0.4) is 0 Å². The van der Waals surface area contributed by atoms with Crippen molar-refractivity contribution in [2.75, 3.05) is 6.54 Å². The second kappa shape index (κ2) is 3.98. The zero-order valence-electron chi connectivity index (χ0n) is 7.32. The standard InChI is InChI=1S/C9H12N2OS/c12-8(9-11-5-6-13-9)7-3-1-2-4-10-7/h5-7,10H,1-4H2. The SMILES string of the molecule is O=C(c1nccs1)C1CCCCN1. The molecule has 0 bridgehead atoms. The van der Waals surface area contributed by atoms with Gasteiger partial charge in [0, 0.05) is 11.6 Å². The van der Waals surface area contributed by atoms with Crippen molar-refractivity contribution in [1.82, 2.24) is 10.3 Å². The first-order valence-corrected chi connectivity index (χ1v) is 5.43. The second-order valence-corrected chi connectivity index (χ2v) is 4.10. The van der Waals surface area contributed by atoms with Crippen LogP contribution in [0.5, 0.6) is 0 Å². The maximum absolute atomic E-state index is 11.7. The first-order valence-electron chi connectivity index (χ1n) is 4.55. The summed E-state index contributed by atoms with van der Waals surface area (Å²) < 4.78 is 0. The quantitative estimate of drug-likeness (QED) is 0.728. The minimum atomic E-state index is 0.0138. The molecule has 1 saturated heterocycles. The molecule has 13 heavy (non-hydrogen) atoms. The molecule has 0 saturated carbocycles. The fourth-order valence-corrected chi connectivity index (χ4v) is 2.20. The molecular weight excluding hydrogens is 184 g/mol. The van der Waals surface area contributed by atoms with Crippen molar-refractivity contribution in [1.29, 1.82) is 0 Å². The van der Waals surface area contributed by atoms with Gasteiger partial charge in [-0.15, -0.1) is 11.3 Å². The molecule has 4 heteroatoms. The topological polar surface area (TPSA) is 42.0 Å². The van der Waals surface area contributed by atoms with Gasteiger partial charge in [0.2, 0.25) is 5.78 Å². The Hall–Kier alpha value is -0.740. The minimum absolute atomic E-state index is 0.0138. The minimum Gasteiger partial charge on any atom is -0.307 e. The average Bonchev–Trinajstić information content (AvgIpc) is 2.71. The molecule has 2 rings (SSSR count). The zero-order valence-corrected chi connectivity index (χ0v) is 8.14. The molecule has 1 N–H and O–H groups in total. The van der Waals surface area contributed by atoms with Crippen molar-refractivity contribution in [2.24, 2.45) is 0 Å². The summed E-state index contributed by atoms with van der Waals surface area (Å²) in [6.45, 7) is 0.960. The Morgan fingerprint density at radius 1 is 1.62 bits per heavy atom. The van der Waals surface area contributed by atoms with E-state index in [2.05, 4.69) is 10.3 Å². The Bertz CT molecular complexity index is 278. The third-order valence-electron chi connectivity index (χ3n) is 2.27. The van der Waals surface area contributed by atoms with E-state index in [0.29, 0.717) is 5.01 Å². The van der Waals surface area contributed by atoms with E-state index in [0.717, 1.165) is 19.4 Å². The van der Waals surface area contributed by atoms with Gasteiger partial charge < -0.3 is 5.32 Å². The number of thiazole rings is 1. The van der Waals surface area contributed by atoms with E-state index >= 15 is 0 Å². The lowest BCUT2D eigenvalue weighted by Gasteiger charge is -2.20. The van der Waals surface area contributed by atoms with Crippen LogP contribution in [0.4, 0.5) is 0 Å². The van der Waals surface area contributed by atoms with Crippen LogP contribution in [0.25, 0.3) is 0 Å². The van der Waals surface area contributed by atoms with Crippen molar-refractivity contribution in [3.8, 4) is 0 Å². The average molecular weight is 196 g/mol. The van der Waals surface area contributed by atoms with Crippen molar-refractivity contribution in [2.45, 2.75) is 25.3 Å². The molecule has 1 atom stereocenters. The van der Waals surface area contributed by atoms with Gasteiger partial charge in [-0.05, 0) is 19.4 Å². The predicted octanol–water partition coefficient (Wildman–Crippen LogP) is 1.47. The van der Waals surface area contributed by atoms with Gasteiger partial charge in [0.15, 0.2) is 5.01 Å². The number of carbonyl (C=O) groups is 1. The number of Topliss-reactive ketones (excluding diaryl/α,β-unsaturated/α-hetero) is 1. The molecule has 0 amide bonds. The lowest BCUT2D eigenvalue weighted by Crippen LogP contribution is -2.40. The number of hydrogen-bond acceptors (Lipinski definition) is 4. The van der Waals surface area contributed by atoms with Crippen LogP contribution in [0, 0.1) is 0 Å². The van der Waals surface area contributed by atoms with Crippen molar-refractivity contribution in [3.63, 3.8) is 0 Å². The number of aromatic nitrogens is 1. The second-order valence-electron chi connectivity index (χ2n) is 3.20. The van der Waals surface area contributed by atoms with Gasteiger partial charge in [0.05, 0.1) is 6.04 Å². The van der Waals surface area contributed by atoms with Crippen LogP contribution in [0.2, 0.25) is 0 Å². The lowest BCUT2D eigenvalue weighted by atomic mass is 10.0. The van der Waals surface area contributed by atoms with Crippen molar-refractivity contribution < 1.29 is 4.79 Å². The Labute approximate surface area is 81.2 Å². The highest BCUT2D eigenvalue weighted by molar-refractivity contribution is 7.11. The molecule has 1 aliphatic rings. The fourth-order valence-electron chi connectivity index (χ4n) is 1.57. The van der Waals surface area contributed by atoms with Crippen LogP contribution in [0.1, 0.15) is 29.1 Å². The van der Waals surface area contributed by atoms with Gasteiger partial charge >= 0.3 is 0 Å². The molecular formula is C9H12N2OS. The number of rotatable bonds is 2. The summed E-state index contributed by atoms with van der Waals surface area (Å²) in [7, 11) is 0. The van der Waals surface area contributed by atoms with Crippen LogP contribution in [0.15, 0.2) is 11.6 Å². The summed E-state index contributed by atoms with van der Waals surface area (Å²) in [5.74, 6) is 0.162. The molecule has 1 unspecified atom stereocenters. The first kappa shape index (κ1) is 8.84. The van der Waals surface area contributed by atoms with Gasteiger partial charge in [0.1, 0.15) is 0 Å². The Balaban J connectivity index is 2.04. The maximum atomic E-state index is 11.7. The molecule has 70 valence electrons. The van der Waals surface area contributed by atoms with Crippen LogP contribution >= 0.6 is 11.3 Å². The largest absolute Gasteiger partial charge is 0.307 e. The lowest BCUT2D eigenvalue weighted by molar-refractivity contribution is 0.0927. The first-order chi connectivity index (χ1) is 6.38. The van der Waals surface area contributed by atoms with E-state index in [9.17, 15) is 4.79 Å². The Morgan fingerprint density at radius 3 is 3.15 bits per heavy atom. The normalized spacial score (nSPS) is 22.9. The molecule has 1 aromatic rings. The van der Waals surface area contributed by atoms with Crippen LogP contribution < -0.4 is 5.32 Å². The summed E-state index contributed by atoms with van der Waals surface area (Å²) in [4.78, 5) is 15.8. The summed E-state index contributed by atoms with van der Waals surface area (Å²) >= 11 is 1.42. The number of nitrogens with zero attached hydrogens (tertiary/aromatic N) is 1. The van der Waals surface area contributed by atoms with E-state index in [1.807, 2.05) is 5.38 Å². The van der Waals surface area contributed by atoms with Crippen LogP contribution in [-0.2, 0) is 0 Å². The molecule has 3 nitrogen and oxygen atoms in total. The highest BCUT2D eigenvalue weighted by Gasteiger charge is 2.23. The number of carbonyl (C=O) groups excluding carboxylic acids is 1. The molecule has 1 aromatic heterocycles. The number of piperidine rings is 1. The van der Waals surface area contributed by atoms with Crippen molar-refractivity contribution in [3.05, 3.63) is 16.6 Å². The summed E-state index contributed by atoms with van der Waals surface area (Å²) in [5.41, 5.74) is 0. The van der Waals surface area contributed by atoms with Gasteiger partial charge in [-0.25, -0.2) is 4.98 Å². The number of hydrogen-bond donors (Lipinski definition) is 1. The van der Waals surface area contributed by atoms with Crippen molar-refractivity contribution >= 4 is 17.1 Å². The number of ketones is 1. The van der Waals surface area contributed by atoms with Gasteiger partial charge in [0.25, 0.3) is 0 Å². The van der Waals surface area contributed by atoms with E-state index in [4.69, 9.17) is 0 Å². The molecule has 0 spiro atoms. The molecule has 1 fully saturated rings. The van der Waals surface area contributed by atoms with Gasteiger partial charge in [-0.2, -0.15) is 0 Å². The van der Waals surface area contributed by atoms with E-state index in [1.165, 1.54) is 17.8 Å². The fraction of sp³-hybridized carbons (Fsp3) is 0.556. The Morgan fingerprint density at radius 2 is 2.54 bits per heavy atom. The monoisotopic (exact) mass is 196 g/mol. The zero-order chi connectivity index (χ0) is 9.10. The van der Waals surface area contributed by atoms with E-state index in [-0.39, 0.29) is 11.8 Å². The number of nitrogens with one attached hydrogen (secondary N) is 1. The molecule has 1 aliphatic heterocycles. The molecule has 2 heterocycles. The summed E-state index contributed by atoms with van der Waals surface area (Å²) in [6.07, 6.45) is 4.97. The molecule has 0 aliphatic carbocycles. The predicted molar refractivity (Wildman–Crippen MR) is 52.1 cm³/mol. The van der Waals surface area contributed by atoms with Gasteiger partial charge in [-0.3, -0.25) is 4.79 Å². The van der Waals surface area contributed by atoms with Gasteiger partial charge in [-0.1, -0.05) is 6.42 Å². The van der Waals surface area contributed by atoms with E-state index in [1.54, 1.807) is 6.20 Å². The highest BCUT2D eigenvalue weighted by Crippen LogP contribution is 2.14. The van der Waals surface area contributed by atoms with E-state index < -0.39 is 0 Å². The molecule has 0 aromatic carbocycles. The molecule has 0 radical (unpaired) electrons. The highest BCUT2D eigenvalue weighted by atomic mass is 32.1. The Kier molecular flexibility index (Phi) is 2.71. The smallest absolute Gasteiger partial charge is 0.208 e.